The van der Waals surface area contributed by atoms with Gasteiger partial charge in [0.05, 0.1) is 0 Å². The van der Waals surface area contributed by atoms with Crippen LogP contribution in [-0.2, 0) is 17.8 Å². The lowest BCUT2D eigenvalue weighted by Gasteiger charge is -2.13. The molecule has 0 bridgehead atoms. The van der Waals surface area contributed by atoms with Crippen molar-refractivity contribution in [1.29, 1.82) is 0 Å². The van der Waals surface area contributed by atoms with Gasteiger partial charge < -0.3 is 10.2 Å². The average molecular weight is 364 g/mol. The van der Waals surface area contributed by atoms with E-state index >= 15 is 0 Å². The molecule has 0 radical (unpaired) electrons. The molecule has 0 aliphatic carbocycles. The van der Waals surface area contributed by atoms with Gasteiger partial charge in [-0.15, -0.1) is 10.2 Å². The summed E-state index contributed by atoms with van der Waals surface area (Å²) in [6, 6.07) is 12.6. The molecule has 1 amide bonds. The van der Waals surface area contributed by atoms with Gasteiger partial charge in [0.15, 0.2) is 18.1 Å². The lowest BCUT2D eigenvalue weighted by Crippen LogP contribution is -2.36. The minimum absolute atomic E-state index is 0.0571. The van der Waals surface area contributed by atoms with Gasteiger partial charge in [0.2, 0.25) is 6.54 Å². The fourth-order valence-electron chi connectivity index (χ4n) is 2.97. The van der Waals surface area contributed by atoms with Gasteiger partial charge in [-0.05, 0) is 12.8 Å². The highest BCUT2D eigenvalue weighted by Crippen LogP contribution is 2.45. The summed E-state index contributed by atoms with van der Waals surface area (Å²) < 4.78 is 1.70. The van der Waals surface area contributed by atoms with Crippen LogP contribution in [0.25, 0.3) is 10.8 Å². The Morgan fingerprint density at radius 2 is 1.70 bits per heavy atom. The predicted molar refractivity (Wildman–Crippen MR) is 102 cm³/mol. The van der Waals surface area contributed by atoms with Crippen LogP contribution in [0.3, 0.4) is 0 Å². The number of hydrogen-bond donors (Lipinski definition) is 2. The predicted octanol–water partition coefficient (Wildman–Crippen LogP) is 4.19. The zero-order valence-corrected chi connectivity index (χ0v) is 15.2. The smallest absolute Gasteiger partial charge is 0.329 e. The highest BCUT2D eigenvalue weighted by Gasteiger charge is 2.19. The number of nitrogens with zero attached hydrogens (tertiary/aromatic N) is 3. The highest BCUT2D eigenvalue weighted by molar-refractivity contribution is 6.00. The number of fused-ring (bicyclic) bond motifs is 1. The van der Waals surface area contributed by atoms with Crippen LogP contribution in [0.4, 0.5) is 5.69 Å². The van der Waals surface area contributed by atoms with Crippen LogP contribution in [0.5, 0.6) is 11.5 Å². The standard InChI is InChI=1S/C21H21N3O3/c1-2-3-9-17-20(26)16-11-6-5-10-15(16)19(21(17)27)23-22-18(25)14-24-12-7-4-8-13-24/h4-8,10-13H,2-3,9,14H2,1H3,(H-,22,25,26,27)/p+1. The molecule has 0 atom stereocenters. The number of unbranched alkanes of at least 4 members (excludes halogenated alkanes) is 1. The molecule has 2 aromatic carbocycles. The summed E-state index contributed by atoms with van der Waals surface area (Å²) >= 11 is 0. The topological polar surface area (TPSA) is 86.1 Å². The molecule has 6 heteroatoms. The molecular formula is C21H22N3O3+. The quantitative estimate of drug-likeness (QED) is 0.508. The molecule has 0 saturated heterocycles. The summed E-state index contributed by atoms with van der Waals surface area (Å²) in [4.78, 5) is 12.1. The molecule has 0 aliphatic rings. The van der Waals surface area contributed by atoms with Gasteiger partial charge in [-0.1, -0.05) is 43.7 Å². The van der Waals surface area contributed by atoms with Crippen molar-refractivity contribution in [2.24, 2.45) is 10.2 Å². The third-order valence-electron chi connectivity index (χ3n) is 4.37. The molecule has 0 saturated carbocycles. The molecule has 27 heavy (non-hydrogen) atoms. The number of pyridine rings is 1. The number of aromatic hydroxyl groups is 2. The van der Waals surface area contributed by atoms with E-state index in [2.05, 4.69) is 10.2 Å². The number of rotatable bonds is 6. The lowest BCUT2D eigenvalue weighted by molar-refractivity contribution is -0.684. The molecule has 0 fully saturated rings. The first kappa shape index (κ1) is 18.5. The number of hydrogen-bond acceptors (Lipinski definition) is 4. The van der Waals surface area contributed by atoms with Gasteiger partial charge in [0.1, 0.15) is 11.4 Å². The summed E-state index contributed by atoms with van der Waals surface area (Å²) in [6.07, 6.45) is 5.80. The molecule has 6 nitrogen and oxygen atoms in total. The first-order valence-electron chi connectivity index (χ1n) is 8.96. The molecule has 1 aromatic heterocycles. The van der Waals surface area contributed by atoms with E-state index in [4.69, 9.17) is 0 Å². The normalized spacial score (nSPS) is 11.3. The van der Waals surface area contributed by atoms with Crippen molar-refractivity contribution in [2.75, 3.05) is 0 Å². The third kappa shape index (κ3) is 4.11. The van der Waals surface area contributed by atoms with Crippen LogP contribution in [0, 0.1) is 0 Å². The van der Waals surface area contributed by atoms with Crippen molar-refractivity contribution >= 4 is 22.4 Å². The van der Waals surface area contributed by atoms with Gasteiger partial charge in [0.25, 0.3) is 0 Å². The lowest BCUT2D eigenvalue weighted by atomic mass is 9.98. The molecule has 3 rings (SSSR count). The number of azo groups is 1. The average Bonchev–Trinajstić information content (AvgIpc) is 2.68. The van der Waals surface area contributed by atoms with Crippen molar-refractivity contribution < 1.29 is 19.6 Å². The molecule has 2 N–H and O–H groups in total. The van der Waals surface area contributed by atoms with E-state index in [1.165, 1.54) is 0 Å². The summed E-state index contributed by atoms with van der Waals surface area (Å²) in [6.45, 7) is 2.10. The summed E-state index contributed by atoms with van der Waals surface area (Å²) in [5.41, 5.74) is 0.648. The largest absolute Gasteiger partial charge is 0.507 e. The Balaban J connectivity index is 1.98. The Morgan fingerprint density at radius 1 is 1.00 bits per heavy atom. The van der Waals surface area contributed by atoms with E-state index in [1.807, 2.05) is 25.1 Å². The maximum absolute atomic E-state index is 12.1. The van der Waals surface area contributed by atoms with Gasteiger partial charge in [-0.2, -0.15) is 4.57 Å². The number of phenolic OH excluding ortho intramolecular Hbond substituents is 2. The number of carbonyl (C=O) groups is 1. The Hall–Kier alpha value is -3.28. The van der Waals surface area contributed by atoms with E-state index < -0.39 is 5.91 Å². The van der Waals surface area contributed by atoms with Crippen LogP contribution in [0.2, 0.25) is 0 Å². The van der Waals surface area contributed by atoms with Crippen LogP contribution >= 0.6 is 0 Å². The maximum Gasteiger partial charge on any atom is 0.329 e. The van der Waals surface area contributed by atoms with Crippen LogP contribution < -0.4 is 4.57 Å². The second kappa shape index (κ2) is 8.40. The van der Waals surface area contributed by atoms with Crippen molar-refractivity contribution in [3.8, 4) is 11.5 Å². The minimum atomic E-state index is -0.433. The van der Waals surface area contributed by atoms with Crippen LogP contribution in [-0.4, -0.2) is 16.1 Å². The van der Waals surface area contributed by atoms with E-state index in [-0.39, 0.29) is 23.7 Å². The number of benzene rings is 2. The number of aromatic nitrogens is 1. The van der Waals surface area contributed by atoms with E-state index in [0.717, 1.165) is 12.8 Å². The third-order valence-corrected chi connectivity index (χ3v) is 4.37. The Morgan fingerprint density at radius 3 is 2.41 bits per heavy atom. The summed E-state index contributed by atoms with van der Waals surface area (Å²) in [5, 5.41) is 30.2. The molecular weight excluding hydrogens is 342 g/mol. The number of phenols is 2. The molecule has 138 valence electrons. The van der Waals surface area contributed by atoms with Crippen molar-refractivity contribution in [3.05, 3.63) is 60.4 Å². The fourth-order valence-corrected chi connectivity index (χ4v) is 2.97. The van der Waals surface area contributed by atoms with Crippen molar-refractivity contribution in [2.45, 2.75) is 32.7 Å². The number of amides is 1. The zero-order chi connectivity index (χ0) is 19.2. The number of carbonyl (C=O) groups excluding carboxylic acids is 1. The van der Waals surface area contributed by atoms with E-state index in [9.17, 15) is 15.0 Å². The Bertz CT molecular complexity index is 985. The fraction of sp³-hybridized carbons (Fsp3) is 0.238. The van der Waals surface area contributed by atoms with Gasteiger partial charge in [0, 0.05) is 28.5 Å². The van der Waals surface area contributed by atoms with Gasteiger partial charge in [-0.3, -0.25) is 4.79 Å². The zero-order valence-electron chi connectivity index (χ0n) is 15.2. The Kier molecular flexibility index (Phi) is 5.76. The SMILES string of the molecule is CCCCc1c(O)c(N=NC(=O)C[n+]2ccccc2)c2ccccc2c1O. The molecule has 0 aliphatic heterocycles. The molecule has 0 unspecified atom stereocenters. The summed E-state index contributed by atoms with van der Waals surface area (Å²) in [5.74, 6) is -0.497. The van der Waals surface area contributed by atoms with Crippen LogP contribution in [0.15, 0.2) is 65.1 Å². The second-order valence-electron chi connectivity index (χ2n) is 6.32. The molecule has 3 aromatic rings. The van der Waals surface area contributed by atoms with Gasteiger partial charge in [-0.25, -0.2) is 0 Å². The van der Waals surface area contributed by atoms with E-state index in [1.54, 1.807) is 41.2 Å². The minimum Gasteiger partial charge on any atom is -0.507 e. The first-order chi connectivity index (χ1) is 13.1. The molecule has 1 heterocycles. The summed E-state index contributed by atoms with van der Waals surface area (Å²) in [7, 11) is 0. The monoisotopic (exact) mass is 364 g/mol. The highest BCUT2D eigenvalue weighted by atomic mass is 16.3. The van der Waals surface area contributed by atoms with Crippen molar-refractivity contribution in [1.82, 2.24) is 0 Å². The first-order valence-corrected chi connectivity index (χ1v) is 8.96. The van der Waals surface area contributed by atoms with E-state index in [0.29, 0.717) is 22.8 Å². The van der Waals surface area contributed by atoms with Crippen LogP contribution in [0.1, 0.15) is 25.3 Å². The van der Waals surface area contributed by atoms with Gasteiger partial charge >= 0.3 is 5.91 Å². The second-order valence-corrected chi connectivity index (χ2v) is 6.32. The Labute approximate surface area is 157 Å². The molecule has 0 spiro atoms. The van der Waals surface area contributed by atoms with Crippen molar-refractivity contribution in [3.63, 3.8) is 0 Å². The maximum atomic E-state index is 12.1.